The second-order valence-electron chi connectivity index (χ2n) is 7.22. The van der Waals surface area contributed by atoms with Crippen LogP contribution in [0.3, 0.4) is 0 Å². The van der Waals surface area contributed by atoms with Gasteiger partial charge in [0.25, 0.3) is 0 Å². The Bertz CT molecular complexity index is 967. The number of methoxy groups -OCH3 is 3. The molecule has 1 aromatic heterocycles. The quantitative estimate of drug-likeness (QED) is 0.684. The largest absolute Gasteiger partial charge is 0.493 e. The SMILES string of the molecule is COc1cc(C(c2c(C)[nH]c3ccccc23)N2CCOCC2)cc(OC)c1OC. The molecule has 1 unspecified atom stereocenters. The Kier molecular flexibility index (Phi) is 5.65. The summed E-state index contributed by atoms with van der Waals surface area (Å²) < 4.78 is 22.4. The van der Waals surface area contributed by atoms with E-state index in [1.165, 1.54) is 10.9 Å². The van der Waals surface area contributed by atoms with Gasteiger partial charge >= 0.3 is 0 Å². The van der Waals surface area contributed by atoms with Gasteiger partial charge in [-0.05, 0) is 30.7 Å². The van der Waals surface area contributed by atoms with Crippen LogP contribution in [-0.4, -0.2) is 57.5 Å². The van der Waals surface area contributed by atoms with Gasteiger partial charge in [-0.15, -0.1) is 0 Å². The Morgan fingerprint density at radius 2 is 1.62 bits per heavy atom. The van der Waals surface area contributed by atoms with Gasteiger partial charge < -0.3 is 23.9 Å². The number of fused-ring (bicyclic) bond motifs is 1. The summed E-state index contributed by atoms with van der Waals surface area (Å²) in [7, 11) is 4.94. The van der Waals surface area contributed by atoms with Crippen molar-refractivity contribution in [2.45, 2.75) is 13.0 Å². The fourth-order valence-corrected chi connectivity index (χ4v) is 4.31. The van der Waals surface area contributed by atoms with Crippen molar-refractivity contribution >= 4 is 10.9 Å². The lowest BCUT2D eigenvalue weighted by molar-refractivity contribution is 0.0240. The van der Waals surface area contributed by atoms with Gasteiger partial charge in [-0.2, -0.15) is 0 Å². The molecule has 4 rings (SSSR count). The molecule has 0 amide bonds. The van der Waals surface area contributed by atoms with Crippen molar-refractivity contribution in [1.82, 2.24) is 9.88 Å². The normalized spacial score (nSPS) is 16.0. The van der Waals surface area contributed by atoms with Crippen molar-refractivity contribution in [3.8, 4) is 17.2 Å². The van der Waals surface area contributed by atoms with Crippen LogP contribution in [0.15, 0.2) is 36.4 Å². The second kappa shape index (κ2) is 8.35. The number of H-pyrrole nitrogens is 1. The third-order valence-electron chi connectivity index (χ3n) is 5.63. The molecule has 1 aliphatic rings. The van der Waals surface area contributed by atoms with E-state index in [9.17, 15) is 0 Å². The summed E-state index contributed by atoms with van der Waals surface area (Å²) in [6.07, 6.45) is 0. The average Bonchev–Trinajstić information content (AvgIpc) is 3.09. The van der Waals surface area contributed by atoms with Crippen LogP contribution in [0, 0.1) is 6.92 Å². The summed E-state index contributed by atoms with van der Waals surface area (Å²) in [6.45, 7) is 5.31. The molecule has 0 saturated carbocycles. The molecule has 6 heteroatoms. The topological polar surface area (TPSA) is 56.0 Å². The van der Waals surface area contributed by atoms with E-state index in [0.29, 0.717) is 17.2 Å². The van der Waals surface area contributed by atoms with Crippen LogP contribution in [-0.2, 0) is 4.74 Å². The zero-order valence-corrected chi connectivity index (χ0v) is 17.5. The van der Waals surface area contributed by atoms with Gasteiger partial charge in [0.2, 0.25) is 5.75 Å². The molecule has 1 saturated heterocycles. The van der Waals surface area contributed by atoms with Crippen molar-refractivity contribution in [2.75, 3.05) is 47.6 Å². The zero-order chi connectivity index (χ0) is 20.4. The minimum Gasteiger partial charge on any atom is -0.493 e. The third kappa shape index (κ3) is 3.54. The molecule has 2 heterocycles. The highest BCUT2D eigenvalue weighted by molar-refractivity contribution is 5.85. The molecular formula is C23H28N2O4. The predicted molar refractivity (Wildman–Crippen MR) is 113 cm³/mol. The lowest BCUT2D eigenvalue weighted by atomic mass is 9.93. The molecule has 6 nitrogen and oxygen atoms in total. The van der Waals surface area contributed by atoms with Gasteiger partial charge in [0.05, 0.1) is 40.6 Å². The van der Waals surface area contributed by atoms with E-state index in [4.69, 9.17) is 18.9 Å². The highest BCUT2D eigenvalue weighted by Crippen LogP contribution is 2.44. The molecule has 1 aliphatic heterocycles. The molecule has 0 bridgehead atoms. The van der Waals surface area contributed by atoms with Crippen molar-refractivity contribution in [2.24, 2.45) is 0 Å². The molecular weight excluding hydrogens is 368 g/mol. The number of nitrogens with one attached hydrogen (secondary N) is 1. The molecule has 2 aromatic carbocycles. The van der Waals surface area contributed by atoms with Crippen LogP contribution in [0.1, 0.15) is 22.9 Å². The minimum absolute atomic E-state index is 0.0451. The molecule has 0 aliphatic carbocycles. The first-order chi connectivity index (χ1) is 14.2. The van der Waals surface area contributed by atoms with Gasteiger partial charge in [-0.25, -0.2) is 0 Å². The summed E-state index contributed by atoms with van der Waals surface area (Å²) in [5.74, 6) is 1.94. The second-order valence-corrected chi connectivity index (χ2v) is 7.22. The lowest BCUT2D eigenvalue weighted by Crippen LogP contribution is -2.39. The van der Waals surface area contributed by atoms with Gasteiger partial charge in [0, 0.05) is 35.2 Å². The molecule has 0 spiro atoms. The highest BCUT2D eigenvalue weighted by atomic mass is 16.5. The summed E-state index contributed by atoms with van der Waals surface area (Å²) in [5.41, 5.74) is 4.69. The number of para-hydroxylation sites is 1. The summed E-state index contributed by atoms with van der Waals surface area (Å²) in [6, 6.07) is 12.6. The Hall–Kier alpha value is -2.70. The number of aromatic nitrogens is 1. The number of hydrogen-bond donors (Lipinski definition) is 1. The zero-order valence-electron chi connectivity index (χ0n) is 17.5. The number of ether oxygens (including phenoxy) is 4. The molecule has 1 atom stereocenters. The number of nitrogens with zero attached hydrogens (tertiary/aromatic N) is 1. The van der Waals surface area contributed by atoms with E-state index in [2.05, 4.69) is 53.2 Å². The van der Waals surface area contributed by atoms with E-state index < -0.39 is 0 Å². The van der Waals surface area contributed by atoms with Gasteiger partial charge in [-0.1, -0.05) is 18.2 Å². The molecule has 154 valence electrons. The van der Waals surface area contributed by atoms with Crippen molar-refractivity contribution < 1.29 is 18.9 Å². The Labute approximate surface area is 171 Å². The first kappa shape index (κ1) is 19.6. The van der Waals surface area contributed by atoms with Crippen molar-refractivity contribution in [1.29, 1.82) is 0 Å². The Balaban J connectivity index is 1.93. The van der Waals surface area contributed by atoms with Crippen LogP contribution in [0.25, 0.3) is 10.9 Å². The van der Waals surface area contributed by atoms with Gasteiger partial charge in [-0.3, -0.25) is 4.90 Å². The number of benzene rings is 2. The van der Waals surface area contributed by atoms with Gasteiger partial charge in [0.1, 0.15) is 0 Å². The first-order valence-corrected chi connectivity index (χ1v) is 9.86. The lowest BCUT2D eigenvalue weighted by Gasteiger charge is -2.35. The maximum Gasteiger partial charge on any atom is 0.203 e. The van der Waals surface area contributed by atoms with E-state index in [1.807, 2.05) is 0 Å². The van der Waals surface area contributed by atoms with E-state index in [1.54, 1.807) is 21.3 Å². The summed E-state index contributed by atoms with van der Waals surface area (Å²) >= 11 is 0. The smallest absolute Gasteiger partial charge is 0.203 e. The van der Waals surface area contributed by atoms with E-state index in [0.717, 1.165) is 43.1 Å². The molecule has 0 radical (unpaired) electrons. The maximum absolute atomic E-state index is 5.64. The molecule has 29 heavy (non-hydrogen) atoms. The maximum atomic E-state index is 5.64. The average molecular weight is 396 g/mol. The fraction of sp³-hybridized carbons (Fsp3) is 0.391. The predicted octanol–water partition coefficient (Wildman–Crippen LogP) is 3.92. The molecule has 3 aromatic rings. The van der Waals surface area contributed by atoms with Gasteiger partial charge in [0.15, 0.2) is 11.5 Å². The first-order valence-electron chi connectivity index (χ1n) is 9.86. The Morgan fingerprint density at radius 1 is 0.966 bits per heavy atom. The molecule has 1 fully saturated rings. The van der Waals surface area contributed by atoms with Crippen LogP contribution in [0.2, 0.25) is 0 Å². The Morgan fingerprint density at radius 3 is 2.24 bits per heavy atom. The number of rotatable bonds is 6. The van der Waals surface area contributed by atoms with Crippen LogP contribution < -0.4 is 14.2 Å². The highest BCUT2D eigenvalue weighted by Gasteiger charge is 2.30. The fourth-order valence-electron chi connectivity index (χ4n) is 4.31. The monoisotopic (exact) mass is 396 g/mol. The summed E-state index contributed by atoms with van der Waals surface area (Å²) in [4.78, 5) is 6.02. The summed E-state index contributed by atoms with van der Waals surface area (Å²) in [5, 5.41) is 1.23. The van der Waals surface area contributed by atoms with Crippen LogP contribution in [0.4, 0.5) is 0 Å². The van der Waals surface area contributed by atoms with E-state index in [-0.39, 0.29) is 6.04 Å². The van der Waals surface area contributed by atoms with Crippen molar-refractivity contribution in [3.63, 3.8) is 0 Å². The number of aromatic amines is 1. The number of hydrogen-bond acceptors (Lipinski definition) is 5. The van der Waals surface area contributed by atoms with Crippen LogP contribution >= 0.6 is 0 Å². The third-order valence-corrected chi connectivity index (χ3v) is 5.63. The number of morpholine rings is 1. The molecule has 1 N–H and O–H groups in total. The standard InChI is InChI=1S/C23H28N2O4/c1-15-21(17-7-5-6-8-18(17)24-15)22(25-9-11-29-12-10-25)16-13-19(26-2)23(28-4)20(14-16)27-3/h5-8,13-14,22,24H,9-12H2,1-4H3. The van der Waals surface area contributed by atoms with Crippen molar-refractivity contribution in [3.05, 3.63) is 53.2 Å². The van der Waals surface area contributed by atoms with Crippen LogP contribution in [0.5, 0.6) is 17.2 Å². The number of aryl methyl sites for hydroxylation is 1. The minimum atomic E-state index is 0.0451. The van der Waals surface area contributed by atoms with E-state index >= 15 is 0 Å².